The standard InChI is InChI=1S/C21H15F2N5O2/c1-26-19-7-5-14(3-2-8-27-13-24-12-25-27)9-16(19)20(29)28(21(26)30)11-15-4-6-17(22)18(23)10-15/h4-7,9-10,12-13H,8,11H2,1H3. The van der Waals surface area contributed by atoms with Gasteiger partial charge in [-0.1, -0.05) is 17.9 Å². The van der Waals surface area contributed by atoms with E-state index >= 15 is 0 Å². The summed E-state index contributed by atoms with van der Waals surface area (Å²) in [5.41, 5.74) is 0.266. The van der Waals surface area contributed by atoms with Crippen LogP contribution in [-0.2, 0) is 20.1 Å². The minimum atomic E-state index is -1.04. The fourth-order valence-corrected chi connectivity index (χ4v) is 3.09. The summed E-state index contributed by atoms with van der Waals surface area (Å²) in [5, 5.41) is 4.26. The molecule has 0 aliphatic rings. The summed E-state index contributed by atoms with van der Waals surface area (Å²) in [6.45, 7) is 0.159. The summed E-state index contributed by atoms with van der Waals surface area (Å²) in [6, 6.07) is 8.24. The third-order valence-corrected chi connectivity index (χ3v) is 4.62. The molecule has 0 amide bonds. The van der Waals surface area contributed by atoms with Crippen LogP contribution in [0.1, 0.15) is 11.1 Å². The van der Waals surface area contributed by atoms with E-state index in [2.05, 4.69) is 21.9 Å². The molecule has 0 aliphatic heterocycles. The van der Waals surface area contributed by atoms with Gasteiger partial charge in [-0.2, -0.15) is 5.10 Å². The molecule has 0 saturated carbocycles. The molecule has 0 radical (unpaired) electrons. The molecule has 0 atom stereocenters. The van der Waals surface area contributed by atoms with E-state index in [4.69, 9.17) is 0 Å². The highest BCUT2D eigenvalue weighted by molar-refractivity contribution is 5.79. The lowest BCUT2D eigenvalue weighted by Gasteiger charge is -2.11. The Labute approximate surface area is 168 Å². The molecular formula is C21H15F2N5O2. The number of benzene rings is 2. The number of hydrogen-bond acceptors (Lipinski definition) is 4. The van der Waals surface area contributed by atoms with E-state index in [1.807, 2.05) is 0 Å². The Bertz CT molecular complexity index is 1430. The summed E-state index contributed by atoms with van der Waals surface area (Å²) < 4.78 is 30.6. The molecule has 0 bridgehead atoms. The molecule has 4 rings (SSSR count). The van der Waals surface area contributed by atoms with E-state index < -0.39 is 22.9 Å². The fraction of sp³-hybridized carbons (Fsp3) is 0.143. The first-order valence-electron chi connectivity index (χ1n) is 8.93. The number of aromatic nitrogens is 5. The van der Waals surface area contributed by atoms with Crippen LogP contribution in [0.25, 0.3) is 10.9 Å². The van der Waals surface area contributed by atoms with Crippen molar-refractivity contribution >= 4 is 10.9 Å². The minimum absolute atomic E-state index is 0.180. The molecule has 0 fully saturated rings. The molecule has 0 aliphatic carbocycles. The van der Waals surface area contributed by atoms with Crippen LogP contribution in [0.4, 0.5) is 8.78 Å². The lowest BCUT2D eigenvalue weighted by atomic mass is 10.1. The van der Waals surface area contributed by atoms with Gasteiger partial charge in [0.2, 0.25) is 0 Å². The van der Waals surface area contributed by atoms with Gasteiger partial charge in [0, 0.05) is 12.6 Å². The molecule has 0 N–H and O–H groups in total. The van der Waals surface area contributed by atoms with Gasteiger partial charge >= 0.3 is 5.69 Å². The summed E-state index contributed by atoms with van der Waals surface area (Å²) >= 11 is 0. The maximum absolute atomic E-state index is 13.5. The summed E-state index contributed by atoms with van der Waals surface area (Å²) in [4.78, 5) is 29.5. The van der Waals surface area contributed by atoms with Crippen LogP contribution in [0.3, 0.4) is 0 Å². The van der Waals surface area contributed by atoms with Crippen molar-refractivity contribution in [1.82, 2.24) is 23.9 Å². The number of fused-ring (bicyclic) bond motifs is 1. The second-order valence-electron chi connectivity index (χ2n) is 6.61. The van der Waals surface area contributed by atoms with Gasteiger partial charge < -0.3 is 0 Å². The van der Waals surface area contributed by atoms with Crippen LogP contribution in [0, 0.1) is 23.5 Å². The van der Waals surface area contributed by atoms with E-state index in [-0.39, 0.29) is 6.54 Å². The van der Waals surface area contributed by atoms with Crippen molar-refractivity contribution in [2.75, 3.05) is 0 Å². The minimum Gasteiger partial charge on any atom is -0.296 e. The second-order valence-corrected chi connectivity index (χ2v) is 6.61. The van der Waals surface area contributed by atoms with Crippen molar-refractivity contribution in [2.24, 2.45) is 7.05 Å². The van der Waals surface area contributed by atoms with Crippen LogP contribution >= 0.6 is 0 Å². The maximum Gasteiger partial charge on any atom is 0.331 e. The van der Waals surface area contributed by atoms with Gasteiger partial charge in [-0.25, -0.2) is 23.2 Å². The molecule has 9 heteroatoms. The van der Waals surface area contributed by atoms with Crippen LogP contribution in [0.2, 0.25) is 0 Å². The lowest BCUT2D eigenvalue weighted by Crippen LogP contribution is -2.39. The van der Waals surface area contributed by atoms with Crippen LogP contribution < -0.4 is 11.2 Å². The zero-order valence-electron chi connectivity index (χ0n) is 15.8. The van der Waals surface area contributed by atoms with Crippen molar-refractivity contribution in [2.45, 2.75) is 13.1 Å². The lowest BCUT2D eigenvalue weighted by molar-refractivity contribution is 0.506. The van der Waals surface area contributed by atoms with E-state index in [1.54, 1.807) is 36.3 Å². The third kappa shape index (κ3) is 3.63. The topological polar surface area (TPSA) is 74.7 Å². The normalized spacial score (nSPS) is 10.8. The summed E-state index contributed by atoms with van der Waals surface area (Å²) in [5.74, 6) is 3.86. The Morgan fingerprint density at radius 1 is 1.07 bits per heavy atom. The molecule has 2 heterocycles. The van der Waals surface area contributed by atoms with Crippen LogP contribution in [0.15, 0.2) is 58.6 Å². The highest BCUT2D eigenvalue weighted by atomic mass is 19.2. The van der Waals surface area contributed by atoms with Crippen molar-refractivity contribution in [3.05, 3.63) is 92.7 Å². The van der Waals surface area contributed by atoms with Crippen LogP contribution in [-0.4, -0.2) is 23.9 Å². The highest BCUT2D eigenvalue weighted by Crippen LogP contribution is 2.12. The fourth-order valence-electron chi connectivity index (χ4n) is 3.09. The van der Waals surface area contributed by atoms with Gasteiger partial charge in [0.25, 0.3) is 5.56 Å². The van der Waals surface area contributed by atoms with Crippen molar-refractivity contribution in [3.63, 3.8) is 0 Å². The average molecular weight is 407 g/mol. The second kappa shape index (κ2) is 7.75. The molecule has 0 spiro atoms. The van der Waals surface area contributed by atoms with Crippen molar-refractivity contribution in [3.8, 4) is 11.8 Å². The summed E-state index contributed by atoms with van der Waals surface area (Å²) in [6.07, 6.45) is 2.95. The van der Waals surface area contributed by atoms with Gasteiger partial charge in [-0.05, 0) is 35.9 Å². The molecule has 2 aromatic carbocycles. The van der Waals surface area contributed by atoms with E-state index in [0.717, 1.165) is 16.7 Å². The van der Waals surface area contributed by atoms with Gasteiger partial charge in [-0.15, -0.1) is 0 Å². The van der Waals surface area contributed by atoms with Crippen molar-refractivity contribution < 1.29 is 8.78 Å². The zero-order valence-corrected chi connectivity index (χ0v) is 15.8. The van der Waals surface area contributed by atoms with E-state index in [9.17, 15) is 18.4 Å². The maximum atomic E-state index is 13.5. The molecule has 4 aromatic rings. The Hall–Kier alpha value is -4.06. The van der Waals surface area contributed by atoms with E-state index in [1.165, 1.54) is 17.0 Å². The molecular weight excluding hydrogens is 392 g/mol. The number of hydrogen-bond donors (Lipinski definition) is 0. The predicted molar refractivity (Wildman–Crippen MR) is 106 cm³/mol. The molecule has 0 saturated heterocycles. The summed E-state index contributed by atoms with van der Waals surface area (Å²) in [7, 11) is 1.54. The number of rotatable bonds is 3. The molecule has 150 valence electrons. The molecule has 2 aromatic heterocycles. The SMILES string of the molecule is Cn1c(=O)n(Cc2ccc(F)c(F)c2)c(=O)c2cc(C#CCn3cncn3)ccc21. The number of aryl methyl sites for hydroxylation is 1. The van der Waals surface area contributed by atoms with Crippen molar-refractivity contribution in [1.29, 1.82) is 0 Å². The molecule has 0 unspecified atom stereocenters. The first-order chi connectivity index (χ1) is 14.4. The Kier molecular flexibility index (Phi) is 4.98. The van der Waals surface area contributed by atoms with Crippen LogP contribution in [0.5, 0.6) is 0 Å². The van der Waals surface area contributed by atoms with Gasteiger partial charge in [0.05, 0.1) is 17.4 Å². The number of halogens is 2. The Morgan fingerprint density at radius 3 is 2.63 bits per heavy atom. The van der Waals surface area contributed by atoms with E-state index in [0.29, 0.717) is 28.6 Å². The first-order valence-corrected chi connectivity index (χ1v) is 8.93. The first kappa shape index (κ1) is 19.3. The largest absolute Gasteiger partial charge is 0.331 e. The smallest absolute Gasteiger partial charge is 0.296 e. The zero-order chi connectivity index (χ0) is 21.3. The quantitative estimate of drug-likeness (QED) is 0.485. The Balaban J connectivity index is 1.76. The average Bonchev–Trinajstić information content (AvgIpc) is 3.25. The number of nitrogens with zero attached hydrogens (tertiary/aromatic N) is 5. The predicted octanol–water partition coefficient (Wildman–Crippen LogP) is 1.67. The highest BCUT2D eigenvalue weighted by Gasteiger charge is 2.13. The third-order valence-electron chi connectivity index (χ3n) is 4.62. The monoisotopic (exact) mass is 407 g/mol. The Morgan fingerprint density at radius 2 is 1.90 bits per heavy atom. The molecule has 7 nitrogen and oxygen atoms in total. The van der Waals surface area contributed by atoms with Gasteiger partial charge in [0.1, 0.15) is 19.2 Å². The molecule has 30 heavy (non-hydrogen) atoms. The van der Waals surface area contributed by atoms with Gasteiger partial charge in [0.15, 0.2) is 11.6 Å². The van der Waals surface area contributed by atoms with Gasteiger partial charge in [-0.3, -0.25) is 13.9 Å².